The zero-order valence-electron chi connectivity index (χ0n) is 16.1. The van der Waals surface area contributed by atoms with Crippen LogP contribution in [0, 0.1) is 5.92 Å². The molecule has 2 heterocycles. The van der Waals surface area contributed by atoms with Gasteiger partial charge in [-0.2, -0.15) is 0 Å². The van der Waals surface area contributed by atoms with E-state index >= 15 is 0 Å². The smallest absolute Gasteiger partial charge is 0.228 e. The van der Waals surface area contributed by atoms with Gasteiger partial charge in [0.2, 0.25) is 5.91 Å². The number of nitrogens with zero attached hydrogens (tertiary/aromatic N) is 2. The molecular formula is C23H28N2O2. The molecule has 2 aliphatic carbocycles. The number of amides is 1. The molecule has 0 bridgehead atoms. The van der Waals surface area contributed by atoms with Crippen molar-refractivity contribution < 1.29 is 9.21 Å². The summed E-state index contributed by atoms with van der Waals surface area (Å²) in [6.07, 6.45) is 5.30. The summed E-state index contributed by atoms with van der Waals surface area (Å²) in [6, 6.07) is 13.2. The third-order valence-electron chi connectivity index (χ3n) is 6.38. The molecule has 3 aliphatic rings. The van der Waals surface area contributed by atoms with Crippen LogP contribution in [0.5, 0.6) is 0 Å². The van der Waals surface area contributed by atoms with E-state index in [0.717, 1.165) is 49.2 Å². The number of carbonyl (C=O) groups is 1. The number of carbonyl (C=O) groups excluding carboxylic acids is 1. The standard InChI is InChI=1S/C23H28N2O2/c1-16-14-20(16)22-9-8-19(27-22)15-24(18-6-7-18)12-11-23(26)25-13-10-17-4-2-3-5-21(17)25/h2-5,8-9,16,18,20H,6-7,10-15H2,1H3/t16-,20+/m0/s1. The van der Waals surface area contributed by atoms with Crippen LogP contribution in [0.15, 0.2) is 40.8 Å². The van der Waals surface area contributed by atoms with Gasteiger partial charge in [-0.3, -0.25) is 9.69 Å². The van der Waals surface area contributed by atoms with Crippen LogP contribution >= 0.6 is 0 Å². The van der Waals surface area contributed by atoms with Crippen molar-refractivity contribution in [2.75, 3.05) is 18.0 Å². The normalized spacial score (nSPS) is 23.7. The quantitative estimate of drug-likeness (QED) is 0.733. The molecule has 0 N–H and O–H groups in total. The molecule has 2 atom stereocenters. The van der Waals surface area contributed by atoms with Gasteiger partial charge in [-0.15, -0.1) is 0 Å². The summed E-state index contributed by atoms with van der Waals surface area (Å²) in [5, 5.41) is 0. The molecular weight excluding hydrogens is 336 g/mol. The van der Waals surface area contributed by atoms with E-state index in [4.69, 9.17) is 4.42 Å². The first-order chi connectivity index (χ1) is 13.2. The SMILES string of the molecule is C[C@H]1C[C@H]1c1ccc(CN(CCC(=O)N2CCc3ccccc32)C2CC2)o1. The Hall–Kier alpha value is -2.07. The fraction of sp³-hybridized carbons (Fsp3) is 0.522. The minimum Gasteiger partial charge on any atom is -0.464 e. The van der Waals surface area contributed by atoms with Gasteiger partial charge < -0.3 is 9.32 Å². The predicted molar refractivity (Wildman–Crippen MR) is 106 cm³/mol. The van der Waals surface area contributed by atoms with Gasteiger partial charge in [-0.1, -0.05) is 25.1 Å². The van der Waals surface area contributed by atoms with Crippen LogP contribution in [0.1, 0.15) is 55.6 Å². The van der Waals surface area contributed by atoms with Crippen LogP contribution in [0.3, 0.4) is 0 Å². The Morgan fingerprint density at radius 3 is 2.81 bits per heavy atom. The van der Waals surface area contributed by atoms with Crippen LogP contribution in [0.4, 0.5) is 5.69 Å². The molecule has 0 unspecified atom stereocenters. The third kappa shape index (κ3) is 3.55. The molecule has 27 heavy (non-hydrogen) atoms. The van der Waals surface area contributed by atoms with Gasteiger partial charge >= 0.3 is 0 Å². The molecule has 1 aliphatic heterocycles. The number of anilines is 1. The van der Waals surface area contributed by atoms with Gasteiger partial charge in [0.1, 0.15) is 11.5 Å². The minimum atomic E-state index is 0.248. The first-order valence-corrected chi connectivity index (χ1v) is 10.4. The molecule has 5 rings (SSSR count). The fourth-order valence-corrected chi connectivity index (χ4v) is 4.40. The average Bonchev–Trinajstić information content (AvgIpc) is 3.56. The van der Waals surface area contributed by atoms with Crippen molar-refractivity contribution in [2.45, 2.75) is 57.5 Å². The predicted octanol–water partition coefficient (Wildman–Crippen LogP) is 4.35. The largest absolute Gasteiger partial charge is 0.464 e. The van der Waals surface area contributed by atoms with E-state index in [9.17, 15) is 4.79 Å². The van der Waals surface area contributed by atoms with Gasteiger partial charge in [0.25, 0.3) is 0 Å². The second kappa shape index (κ2) is 6.83. The van der Waals surface area contributed by atoms with E-state index in [-0.39, 0.29) is 5.91 Å². The molecule has 0 radical (unpaired) electrons. The first kappa shape index (κ1) is 17.1. The molecule has 2 fully saturated rings. The number of hydrogen-bond acceptors (Lipinski definition) is 3. The zero-order valence-corrected chi connectivity index (χ0v) is 16.1. The molecule has 4 heteroatoms. The first-order valence-electron chi connectivity index (χ1n) is 10.4. The minimum absolute atomic E-state index is 0.248. The van der Waals surface area contributed by atoms with Gasteiger partial charge in [0, 0.05) is 37.2 Å². The molecule has 4 nitrogen and oxygen atoms in total. The monoisotopic (exact) mass is 364 g/mol. The van der Waals surface area contributed by atoms with Crippen LogP contribution in [0.25, 0.3) is 0 Å². The molecule has 1 amide bonds. The van der Waals surface area contributed by atoms with E-state index in [1.54, 1.807) is 0 Å². The van der Waals surface area contributed by atoms with Crippen molar-refractivity contribution in [2.24, 2.45) is 5.92 Å². The summed E-state index contributed by atoms with van der Waals surface area (Å²) >= 11 is 0. The summed E-state index contributed by atoms with van der Waals surface area (Å²) in [5.74, 6) is 3.85. The Morgan fingerprint density at radius 1 is 1.22 bits per heavy atom. The van der Waals surface area contributed by atoms with E-state index in [2.05, 4.69) is 42.2 Å². The highest BCUT2D eigenvalue weighted by atomic mass is 16.3. The highest BCUT2D eigenvalue weighted by Gasteiger charge is 2.37. The lowest BCUT2D eigenvalue weighted by molar-refractivity contribution is -0.118. The van der Waals surface area contributed by atoms with Crippen molar-refractivity contribution in [1.29, 1.82) is 0 Å². The second-order valence-corrected chi connectivity index (χ2v) is 8.50. The van der Waals surface area contributed by atoms with Crippen LogP contribution in [-0.2, 0) is 17.8 Å². The lowest BCUT2D eigenvalue weighted by Crippen LogP contribution is -2.34. The van der Waals surface area contributed by atoms with E-state index in [0.29, 0.717) is 18.4 Å². The maximum atomic E-state index is 12.8. The Kier molecular flexibility index (Phi) is 4.31. The van der Waals surface area contributed by atoms with Crippen molar-refractivity contribution in [1.82, 2.24) is 4.90 Å². The lowest BCUT2D eigenvalue weighted by Gasteiger charge is -2.23. The molecule has 142 valence electrons. The van der Waals surface area contributed by atoms with Crippen molar-refractivity contribution in [3.8, 4) is 0 Å². The Balaban J connectivity index is 1.20. The molecule has 1 aromatic carbocycles. The summed E-state index contributed by atoms with van der Waals surface area (Å²) in [5.41, 5.74) is 2.40. The zero-order chi connectivity index (χ0) is 18.4. The number of fused-ring (bicyclic) bond motifs is 1. The molecule has 2 aromatic rings. The van der Waals surface area contributed by atoms with Crippen molar-refractivity contribution in [3.63, 3.8) is 0 Å². The Bertz CT molecular complexity index is 838. The summed E-state index contributed by atoms with van der Waals surface area (Å²) in [7, 11) is 0. The average molecular weight is 364 g/mol. The molecule has 1 aromatic heterocycles. The van der Waals surface area contributed by atoms with Gasteiger partial charge in [-0.25, -0.2) is 0 Å². The van der Waals surface area contributed by atoms with Crippen LogP contribution in [0.2, 0.25) is 0 Å². The van der Waals surface area contributed by atoms with E-state index in [1.807, 2.05) is 11.0 Å². The summed E-state index contributed by atoms with van der Waals surface area (Å²) < 4.78 is 6.10. The van der Waals surface area contributed by atoms with Crippen molar-refractivity contribution in [3.05, 3.63) is 53.5 Å². The van der Waals surface area contributed by atoms with Gasteiger partial charge in [0.05, 0.1) is 6.54 Å². The molecule has 2 saturated carbocycles. The molecule has 0 saturated heterocycles. The topological polar surface area (TPSA) is 36.7 Å². The Labute approximate surface area is 161 Å². The van der Waals surface area contributed by atoms with Gasteiger partial charge in [0.15, 0.2) is 0 Å². The van der Waals surface area contributed by atoms with Crippen molar-refractivity contribution >= 4 is 11.6 Å². The lowest BCUT2D eigenvalue weighted by atomic mass is 10.2. The summed E-state index contributed by atoms with van der Waals surface area (Å²) in [6.45, 7) is 4.75. The number of hydrogen-bond donors (Lipinski definition) is 0. The second-order valence-electron chi connectivity index (χ2n) is 8.50. The number of rotatable bonds is 7. The third-order valence-corrected chi connectivity index (χ3v) is 6.38. The summed E-state index contributed by atoms with van der Waals surface area (Å²) in [4.78, 5) is 17.2. The Morgan fingerprint density at radius 2 is 2.04 bits per heavy atom. The van der Waals surface area contributed by atoms with Crippen LogP contribution in [-0.4, -0.2) is 29.9 Å². The number of furan rings is 1. The highest BCUT2D eigenvalue weighted by Crippen LogP contribution is 2.47. The fourth-order valence-electron chi connectivity index (χ4n) is 4.40. The van der Waals surface area contributed by atoms with Gasteiger partial charge in [-0.05, 0) is 55.4 Å². The van der Waals surface area contributed by atoms with E-state index < -0.39 is 0 Å². The number of para-hydroxylation sites is 1. The highest BCUT2D eigenvalue weighted by molar-refractivity contribution is 5.95. The number of benzene rings is 1. The van der Waals surface area contributed by atoms with E-state index in [1.165, 1.54) is 24.8 Å². The molecule has 0 spiro atoms. The van der Waals surface area contributed by atoms with Crippen LogP contribution < -0.4 is 4.90 Å². The maximum Gasteiger partial charge on any atom is 0.228 e. The maximum absolute atomic E-state index is 12.8.